The summed E-state index contributed by atoms with van der Waals surface area (Å²) in [5.74, 6) is -0.897. The first-order chi connectivity index (χ1) is 33.0. The molecule has 0 aromatic carbocycles. The number of esters is 3. The maximum Gasteiger partial charge on any atom is 0.306 e. The van der Waals surface area contributed by atoms with Gasteiger partial charge in [0.25, 0.3) is 0 Å². The minimum Gasteiger partial charge on any atom is -0.462 e. The summed E-state index contributed by atoms with van der Waals surface area (Å²) in [4.78, 5) is 38.1. The fourth-order valence-electron chi connectivity index (χ4n) is 8.40. The van der Waals surface area contributed by atoms with E-state index in [0.717, 1.165) is 116 Å². The molecule has 0 aliphatic carbocycles. The second-order valence-corrected chi connectivity index (χ2v) is 19.6. The molecule has 0 radical (unpaired) electrons. The molecule has 1 atom stereocenters. The third-order valence-electron chi connectivity index (χ3n) is 12.8. The van der Waals surface area contributed by atoms with Gasteiger partial charge in [0.15, 0.2) is 6.10 Å². The molecule has 0 aliphatic rings. The summed E-state index contributed by atoms with van der Waals surface area (Å²) in [6, 6.07) is 0. The predicted molar refractivity (Wildman–Crippen MR) is 289 cm³/mol. The quantitative estimate of drug-likeness (QED) is 0.0262. The second kappa shape index (κ2) is 56.0. The summed E-state index contributed by atoms with van der Waals surface area (Å²) >= 11 is 0. The summed E-state index contributed by atoms with van der Waals surface area (Å²) in [5, 5.41) is 0. The zero-order valence-corrected chi connectivity index (χ0v) is 44.7. The lowest BCUT2D eigenvalue weighted by Gasteiger charge is -2.18. The zero-order valence-electron chi connectivity index (χ0n) is 44.7. The number of rotatable bonds is 53. The molecular formula is C61H110O6. The fourth-order valence-corrected chi connectivity index (χ4v) is 8.40. The molecule has 0 aromatic heterocycles. The number of hydrogen-bond acceptors (Lipinski definition) is 6. The van der Waals surface area contributed by atoms with Crippen molar-refractivity contribution in [2.45, 2.75) is 309 Å². The predicted octanol–water partition coefficient (Wildman–Crippen LogP) is 19.4. The monoisotopic (exact) mass is 939 g/mol. The average Bonchev–Trinajstić information content (AvgIpc) is 3.33. The van der Waals surface area contributed by atoms with Crippen LogP contribution in [-0.2, 0) is 28.6 Å². The van der Waals surface area contributed by atoms with E-state index in [-0.39, 0.29) is 31.1 Å². The summed E-state index contributed by atoms with van der Waals surface area (Å²) in [6.45, 7) is 6.52. The average molecular weight is 940 g/mol. The molecule has 0 heterocycles. The number of unbranched alkanes of at least 4 members (excludes halogenated alkanes) is 34. The molecule has 6 heteroatoms. The Bertz CT molecular complexity index is 1170. The number of allylic oxidation sites excluding steroid dienone is 8. The van der Waals surface area contributed by atoms with Crippen LogP contribution in [0.3, 0.4) is 0 Å². The van der Waals surface area contributed by atoms with Crippen LogP contribution in [-0.4, -0.2) is 37.2 Å². The molecule has 0 saturated carbocycles. The molecule has 67 heavy (non-hydrogen) atoms. The van der Waals surface area contributed by atoms with Crippen LogP contribution in [0, 0.1) is 0 Å². The lowest BCUT2D eigenvalue weighted by molar-refractivity contribution is -0.167. The van der Waals surface area contributed by atoms with Gasteiger partial charge < -0.3 is 14.2 Å². The molecule has 390 valence electrons. The Morgan fingerprint density at radius 2 is 0.567 bits per heavy atom. The van der Waals surface area contributed by atoms with Gasteiger partial charge in [-0.25, -0.2) is 0 Å². The first kappa shape index (κ1) is 64.4. The van der Waals surface area contributed by atoms with E-state index >= 15 is 0 Å². The van der Waals surface area contributed by atoms with Crippen molar-refractivity contribution in [3.8, 4) is 0 Å². The first-order valence-corrected chi connectivity index (χ1v) is 29.1. The highest BCUT2D eigenvalue weighted by molar-refractivity contribution is 5.71. The van der Waals surface area contributed by atoms with Crippen molar-refractivity contribution in [1.82, 2.24) is 0 Å². The Labute approximate surface area is 416 Å². The van der Waals surface area contributed by atoms with Gasteiger partial charge >= 0.3 is 17.9 Å². The third kappa shape index (κ3) is 54.2. The van der Waals surface area contributed by atoms with Gasteiger partial charge in [-0.15, -0.1) is 0 Å². The van der Waals surface area contributed by atoms with Crippen LogP contribution in [0.2, 0.25) is 0 Å². The van der Waals surface area contributed by atoms with Crippen LogP contribution in [0.5, 0.6) is 0 Å². The van der Waals surface area contributed by atoms with Crippen LogP contribution in [0.25, 0.3) is 0 Å². The lowest BCUT2D eigenvalue weighted by Crippen LogP contribution is -2.30. The van der Waals surface area contributed by atoms with Gasteiger partial charge in [0.1, 0.15) is 13.2 Å². The van der Waals surface area contributed by atoms with E-state index in [1.807, 2.05) is 0 Å². The van der Waals surface area contributed by atoms with Crippen molar-refractivity contribution in [1.29, 1.82) is 0 Å². The highest BCUT2D eigenvalue weighted by atomic mass is 16.6. The molecular weight excluding hydrogens is 829 g/mol. The van der Waals surface area contributed by atoms with E-state index in [9.17, 15) is 14.4 Å². The third-order valence-corrected chi connectivity index (χ3v) is 12.8. The van der Waals surface area contributed by atoms with E-state index in [1.54, 1.807) is 0 Å². The Morgan fingerprint density at radius 1 is 0.299 bits per heavy atom. The lowest BCUT2D eigenvalue weighted by atomic mass is 10.0. The minimum absolute atomic E-state index is 0.0808. The molecule has 0 spiro atoms. The Hall–Kier alpha value is -2.63. The van der Waals surface area contributed by atoms with Gasteiger partial charge in [-0.2, -0.15) is 0 Å². The fraction of sp³-hybridized carbons (Fsp3) is 0.820. The van der Waals surface area contributed by atoms with Gasteiger partial charge in [-0.1, -0.05) is 262 Å². The highest BCUT2D eigenvalue weighted by Crippen LogP contribution is 2.17. The highest BCUT2D eigenvalue weighted by Gasteiger charge is 2.19. The maximum absolute atomic E-state index is 12.8. The smallest absolute Gasteiger partial charge is 0.306 e. The largest absolute Gasteiger partial charge is 0.462 e. The van der Waals surface area contributed by atoms with Crippen LogP contribution in [0.4, 0.5) is 0 Å². The van der Waals surface area contributed by atoms with Crippen molar-refractivity contribution >= 4 is 17.9 Å². The summed E-state index contributed by atoms with van der Waals surface area (Å²) in [7, 11) is 0. The number of ether oxygens (including phenoxy) is 3. The van der Waals surface area contributed by atoms with Crippen LogP contribution >= 0.6 is 0 Å². The van der Waals surface area contributed by atoms with Crippen LogP contribution in [0.15, 0.2) is 48.6 Å². The molecule has 0 fully saturated rings. The molecule has 0 aliphatic heterocycles. The van der Waals surface area contributed by atoms with Crippen molar-refractivity contribution in [2.75, 3.05) is 13.2 Å². The summed E-state index contributed by atoms with van der Waals surface area (Å²) in [5.41, 5.74) is 0. The van der Waals surface area contributed by atoms with E-state index in [2.05, 4.69) is 69.4 Å². The van der Waals surface area contributed by atoms with Gasteiger partial charge in [0.05, 0.1) is 0 Å². The number of carbonyl (C=O) groups is 3. The SMILES string of the molecule is CCC/C=C\C/C=C\CCCCCCCC(=O)OCC(COC(=O)CCCCCCCCCCCCCCCCCCCCCCCCC)OC(=O)CCCCCCC/C=C\C/C=C\CCC. The van der Waals surface area contributed by atoms with Gasteiger partial charge in [-0.05, 0) is 70.6 Å². The molecule has 0 saturated heterocycles. The Morgan fingerprint density at radius 3 is 0.881 bits per heavy atom. The standard InChI is InChI=1S/C61H110O6/c1-4-7-10-13-16-19-22-25-26-27-28-29-30-31-32-33-34-37-39-42-45-48-51-54-60(63)66-57-58(67-61(64)55-52-49-46-43-40-36-24-21-18-15-12-9-6-3)56-65-59(62)53-50-47-44-41-38-35-23-20-17-14-11-8-5-2/h11-12,14-15,20-21,23-24,58H,4-10,13,16-19,22,25-57H2,1-3H3/b14-11-,15-12-,23-20-,24-21-. The van der Waals surface area contributed by atoms with Crippen LogP contribution in [0.1, 0.15) is 303 Å². The number of carbonyl (C=O) groups excluding carboxylic acids is 3. The molecule has 0 bridgehead atoms. The maximum atomic E-state index is 12.8. The van der Waals surface area contributed by atoms with Crippen molar-refractivity contribution in [3.05, 3.63) is 48.6 Å². The molecule has 1 unspecified atom stereocenters. The second-order valence-electron chi connectivity index (χ2n) is 19.6. The Kier molecular flexibility index (Phi) is 53.8. The van der Waals surface area contributed by atoms with Crippen LogP contribution < -0.4 is 0 Å². The summed E-state index contributed by atoms with van der Waals surface area (Å²) < 4.78 is 16.8. The molecule has 0 aromatic rings. The van der Waals surface area contributed by atoms with E-state index < -0.39 is 6.10 Å². The summed E-state index contributed by atoms with van der Waals surface area (Å²) in [6.07, 6.45) is 68.3. The van der Waals surface area contributed by atoms with Crippen molar-refractivity contribution < 1.29 is 28.6 Å². The van der Waals surface area contributed by atoms with Crippen molar-refractivity contribution in [2.24, 2.45) is 0 Å². The first-order valence-electron chi connectivity index (χ1n) is 29.1. The minimum atomic E-state index is -0.784. The molecule has 0 N–H and O–H groups in total. The van der Waals surface area contributed by atoms with E-state index in [0.29, 0.717) is 19.3 Å². The molecule has 0 amide bonds. The topological polar surface area (TPSA) is 78.9 Å². The van der Waals surface area contributed by atoms with Crippen molar-refractivity contribution in [3.63, 3.8) is 0 Å². The normalized spacial score (nSPS) is 12.3. The van der Waals surface area contributed by atoms with E-state index in [1.165, 1.54) is 148 Å². The van der Waals surface area contributed by atoms with Gasteiger partial charge in [0, 0.05) is 19.3 Å². The molecule has 6 nitrogen and oxygen atoms in total. The van der Waals surface area contributed by atoms with Gasteiger partial charge in [0.2, 0.25) is 0 Å². The molecule has 0 rings (SSSR count). The van der Waals surface area contributed by atoms with Gasteiger partial charge in [-0.3, -0.25) is 14.4 Å². The van der Waals surface area contributed by atoms with E-state index in [4.69, 9.17) is 14.2 Å². The zero-order chi connectivity index (χ0) is 48.6. The Balaban J connectivity index is 4.25. The number of hydrogen-bond donors (Lipinski definition) is 0.